The molecular weight excluding hydrogens is 228 g/mol. The van der Waals surface area contributed by atoms with E-state index in [1.165, 1.54) is 0 Å². The van der Waals surface area contributed by atoms with Crippen LogP contribution in [-0.4, -0.2) is 28.8 Å². The minimum atomic E-state index is -0.0830. The van der Waals surface area contributed by atoms with E-state index >= 15 is 0 Å². The summed E-state index contributed by atoms with van der Waals surface area (Å²) in [7, 11) is 0. The van der Waals surface area contributed by atoms with Crippen LogP contribution in [0.3, 0.4) is 0 Å². The Bertz CT molecular complexity index is 409. The van der Waals surface area contributed by atoms with Gasteiger partial charge in [-0.15, -0.1) is 0 Å². The van der Waals surface area contributed by atoms with Crippen LogP contribution in [0.5, 0.6) is 0 Å². The number of aryl methyl sites for hydroxylation is 2. The zero-order valence-corrected chi connectivity index (χ0v) is 11.8. The average molecular weight is 252 g/mol. The van der Waals surface area contributed by atoms with Crippen molar-refractivity contribution in [2.24, 2.45) is 11.1 Å². The molecule has 1 heterocycles. The summed E-state index contributed by atoms with van der Waals surface area (Å²) in [4.78, 5) is 12.1. The molecular formula is C13H24N4O. The fourth-order valence-electron chi connectivity index (χ4n) is 1.55. The first-order valence-electron chi connectivity index (χ1n) is 6.48. The van der Waals surface area contributed by atoms with Gasteiger partial charge in [-0.3, -0.25) is 9.48 Å². The average Bonchev–Trinajstić information content (AvgIpc) is 2.79. The smallest absolute Gasteiger partial charge is 0.269 e. The Labute approximate surface area is 109 Å². The fraction of sp³-hybridized carbons (Fsp3) is 0.692. The number of hydrogen-bond acceptors (Lipinski definition) is 3. The second kappa shape index (κ2) is 6.00. The van der Waals surface area contributed by atoms with Crippen molar-refractivity contribution < 1.29 is 4.79 Å². The van der Waals surface area contributed by atoms with Crippen LogP contribution in [0.25, 0.3) is 0 Å². The summed E-state index contributed by atoms with van der Waals surface area (Å²) in [6.07, 6.45) is 0.835. The van der Waals surface area contributed by atoms with Gasteiger partial charge in [0, 0.05) is 13.1 Å². The molecule has 0 atom stereocenters. The minimum Gasteiger partial charge on any atom is -0.350 e. The van der Waals surface area contributed by atoms with Gasteiger partial charge in [-0.2, -0.15) is 5.10 Å². The van der Waals surface area contributed by atoms with Crippen LogP contribution in [0.15, 0.2) is 6.07 Å². The van der Waals surface area contributed by atoms with Crippen molar-refractivity contribution in [1.82, 2.24) is 15.1 Å². The number of nitrogens with zero attached hydrogens (tertiary/aromatic N) is 2. The van der Waals surface area contributed by atoms with Crippen LogP contribution in [0.2, 0.25) is 0 Å². The number of nitrogens with one attached hydrogen (secondary N) is 1. The molecule has 5 nitrogen and oxygen atoms in total. The molecule has 0 aliphatic heterocycles. The van der Waals surface area contributed by atoms with Crippen molar-refractivity contribution in [3.05, 3.63) is 17.5 Å². The van der Waals surface area contributed by atoms with Crippen molar-refractivity contribution in [3.8, 4) is 0 Å². The van der Waals surface area contributed by atoms with Crippen LogP contribution in [0.4, 0.5) is 0 Å². The topological polar surface area (TPSA) is 72.9 Å². The first-order valence-corrected chi connectivity index (χ1v) is 6.48. The van der Waals surface area contributed by atoms with E-state index in [4.69, 9.17) is 5.73 Å². The van der Waals surface area contributed by atoms with E-state index < -0.39 is 0 Å². The van der Waals surface area contributed by atoms with Crippen LogP contribution in [0.1, 0.15) is 43.9 Å². The van der Waals surface area contributed by atoms with E-state index in [0.29, 0.717) is 25.3 Å². The monoisotopic (exact) mass is 252 g/mol. The molecule has 0 bridgehead atoms. The highest BCUT2D eigenvalue weighted by molar-refractivity contribution is 5.92. The number of aromatic nitrogens is 2. The molecule has 0 aliphatic carbocycles. The lowest BCUT2D eigenvalue weighted by molar-refractivity contribution is 0.0927. The molecule has 0 saturated carbocycles. The summed E-state index contributed by atoms with van der Waals surface area (Å²) >= 11 is 0. The predicted octanol–water partition coefficient (Wildman–Crippen LogP) is 1.18. The fourth-order valence-corrected chi connectivity index (χ4v) is 1.55. The van der Waals surface area contributed by atoms with Crippen LogP contribution >= 0.6 is 0 Å². The molecule has 5 heteroatoms. The first kappa shape index (κ1) is 14.7. The number of amides is 1. The van der Waals surface area contributed by atoms with Gasteiger partial charge in [-0.05, 0) is 31.4 Å². The number of hydrogen-bond donors (Lipinski definition) is 2. The predicted molar refractivity (Wildman–Crippen MR) is 72.4 cm³/mol. The summed E-state index contributed by atoms with van der Waals surface area (Å²) in [5.41, 5.74) is 7.13. The third-order valence-electron chi connectivity index (χ3n) is 3.01. The Morgan fingerprint density at radius 1 is 1.50 bits per heavy atom. The zero-order chi connectivity index (χ0) is 13.8. The van der Waals surface area contributed by atoms with Crippen LogP contribution in [0, 0.1) is 5.41 Å². The molecule has 1 rings (SSSR count). The van der Waals surface area contributed by atoms with Gasteiger partial charge in [0.1, 0.15) is 5.69 Å². The van der Waals surface area contributed by atoms with Gasteiger partial charge in [-0.25, -0.2) is 0 Å². The van der Waals surface area contributed by atoms with E-state index in [0.717, 1.165) is 12.1 Å². The third kappa shape index (κ3) is 3.57. The van der Waals surface area contributed by atoms with E-state index in [1.807, 2.05) is 33.8 Å². The summed E-state index contributed by atoms with van der Waals surface area (Å²) in [6.45, 7) is 9.88. The molecule has 0 saturated heterocycles. The van der Waals surface area contributed by atoms with E-state index in [-0.39, 0.29) is 11.3 Å². The molecule has 102 valence electrons. The Kier molecular flexibility index (Phi) is 4.90. The summed E-state index contributed by atoms with van der Waals surface area (Å²) < 4.78 is 1.74. The highest BCUT2D eigenvalue weighted by atomic mass is 16.2. The number of carbonyl (C=O) groups excluding carboxylic acids is 1. The molecule has 18 heavy (non-hydrogen) atoms. The quantitative estimate of drug-likeness (QED) is 0.798. The molecule has 1 amide bonds. The Balaban J connectivity index is 2.75. The Hall–Kier alpha value is -1.36. The van der Waals surface area contributed by atoms with Crippen LogP contribution < -0.4 is 11.1 Å². The minimum absolute atomic E-state index is 0.0782. The van der Waals surface area contributed by atoms with E-state index in [2.05, 4.69) is 10.4 Å². The van der Waals surface area contributed by atoms with E-state index in [9.17, 15) is 4.79 Å². The van der Waals surface area contributed by atoms with Gasteiger partial charge in [0.25, 0.3) is 5.91 Å². The van der Waals surface area contributed by atoms with Crippen molar-refractivity contribution in [2.45, 2.75) is 40.7 Å². The molecule has 0 radical (unpaired) electrons. The first-order chi connectivity index (χ1) is 8.43. The molecule has 0 fully saturated rings. The molecule has 0 aliphatic rings. The highest BCUT2D eigenvalue weighted by Gasteiger charge is 2.19. The van der Waals surface area contributed by atoms with Crippen molar-refractivity contribution in [3.63, 3.8) is 0 Å². The molecule has 0 spiro atoms. The maximum absolute atomic E-state index is 12.1. The molecule has 0 unspecified atom stereocenters. The summed E-state index contributed by atoms with van der Waals surface area (Å²) in [5.74, 6) is -0.0782. The number of rotatable bonds is 6. The lowest BCUT2D eigenvalue weighted by atomic mass is 9.94. The van der Waals surface area contributed by atoms with Gasteiger partial charge in [-0.1, -0.05) is 20.8 Å². The zero-order valence-electron chi connectivity index (χ0n) is 11.8. The Morgan fingerprint density at radius 3 is 2.67 bits per heavy atom. The lowest BCUT2D eigenvalue weighted by Crippen LogP contribution is -2.39. The summed E-state index contributed by atoms with van der Waals surface area (Å²) in [5, 5.41) is 7.29. The van der Waals surface area contributed by atoms with Crippen LogP contribution in [-0.2, 0) is 13.0 Å². The second-order valence-corrected chi connectivity index (χ2v) is 5.24. The SMILES string of the molecule is CCc1cc(C(=O)NCC(C)(C)CN)n(CC)n1. The third-order valence-corrected chi connectivity index (χ3v) is 3.01. The maximum Gasteiger partial charge on any atom is 0.269 e. The van der Waals surface area contributed by atoms with Gasteiger partial charge >= 0.3 is 0 Å². The van der Waals surface area contributed by atoms with Gasteiger partial charge in [0.15, 0.2) is 0 Å². The normalized spacial score (nSPS) is 11.6. The highest BCUT2D eigenvalue weighted by Crippen LogP contribution is 2.11. The number of carbonyl (C=O) groups is 1. The van der Waals surface area contributed by atoms with Gasteiger partial charge in [0.2, 0.25) is 0 Å². The molecule has 0 aromatic carbocycles. The summed E-state index contributed by atoms with van der Waals surface area (Å²) in [6, 6.07) is 1.86. The van der Waals surface area contributed by atoms with Crippen molar-refractivity contribution in [2.75, 3.05) is 13.1 Å². The second-order valence-electron chi connectivity index (χ2n) is 5.24. The van der Waals surface area contributed by atoms with Crippen molar-refractivity contribution in [1.29, 1.82) is 0 Å². The molecule has 1 aromatic rings. The van der Waals surface area contributed by atoms with Gasteiger partial charge < -0.3 is 11.1 Å². The number of nitrogens with two attached hydrogens (primary N) is 1. The standard InChI is InChI=1S/C13H24N4O/c1-5-10-7-11(17(6-2)16-10)12(18)15-9-13(3,4)8-14/h7H,5-6,8-9,14H2,1-4H3,(H,15,18). The van der Waals surface area contributed by atoms with Gasteiger partial charge in [0.05, 0.1) is 5.69 Å². The van der Waals surface area contributed by atoms with E-state index in [1.54, 1.807) is 4.68 Å². The Morgan fingerprint density at radius 2 is 2.17 bits per heavy atom. The molecule has 3 N–H and O–H groups in total. The molecule has 1 aromatic heterocycles. The lowest BCUT2D eigenvalue weighted by Gasteiger charge is -2.22. The largest absolute Gasteiger partial charge is 0.350 e. The maximum atomic E-state index is 12.1. The van der Waals surface area contributed by atoms with Crippen molar-refractivity contribution >= 4 is 5.91 Å².